The van der Waals surface area contributed by atoms with Crippen LogP contribution in [-0.4, -0.2) is 31.6 Å². The van der Waals surface area contributed by atoms with Crippen LogP contribution in [0.5, 0.6) is 0 Å². The smallest absolute Gasteiger partial charge is 0.376 e. The van der Waals surface area contributed by atoms with Gasteiger partial charge in [-0.15, -0.1) is 0 Å². The zero-order valence-electron chi connectivity index (χ0n) is 19.7. The fourth-order valence-electron chi connectivity index (χ4n) is 4.67. The van der Waals surface area contributed by atoms with Crippen molar-refractivity contribution in [2.75, 3.05) is 26.7 Å². The zero-order valence-corrected chi connectivity index (χ0v) is 19.7. The van der Waals surface area contributed by atoms with E-state index in [-0.39, 0.29) is 28.7 Å². The van der Waals surface area contributed by atoms with Crippen LogP contribution in [0.2, 0.25) is 0 Å². The molecule has 188 valence electrons. The van der Waals surface area contributed by atoms with E-state index in [9.17, 15) is 22.0 Å². The van der Waals surface area contributed by atoms with E-state index >= 15 is 0 Å². The van der Waals surface area contributed by atoms with Crippen LogP contribution < -0.4 is 0 Å². The molecule has 0 spiro atoms. The van der Waals surface area contributed by atoms with Gasteiger partial charge < -0.3 is 9.64 Å². The summed E-state index contributed by atoms with van der Waals surface area (Å²) in [6.07, 6.45) is -3.00. The molecule has 1 saturated heterocycles. The average Bonchev–Trinajstić information content (AvgIpc) is 2.86. The largest absolute Gasteiger partial charge is 0.416 e. The lowest BCUT2D eigenvalue weighted by molar-refractivity contribution is -0.137. The number of hydrogen-bond donors (Lipinski definition) is 0. The third-order valence-electron chi connectivity index (χ3n) is 6.79. The average molecular weight is 501 g/mol. The monoisotopic (exact) mass is 500 g/mol. The summed E-state index contributed by atoms with van der Waals surface area (Å²) in [7, 11) is 2.05. The van der Waals surface area contributed by atoms with Crippen LogP contribution >= 0.6 is 0 Å². The van der Waals surface area contributed by atoms with E-state index < -0.39 is 28.9 Å². The highest BCUT2D eigenvalue weighted by Crippen LogP contribution is 2.37. The van der Waals surface area contributed by atoms with E-state index in [4.69, 9.17) is 10.00 Å². The minimum atomic E-state index is -4.69. The van der Waals surface area contributed by atoms with Crippen LogP contribution in [0.15, 0.2) is 60.7 Å². The van der Waals surface area contributed by atoms with Crippen LogP contribution in [0.1, 0.15) is 35.1 Å². The van der Waals surface area contributed by atoms with E-state index in [2.05, 4.69) is 4.90 Å². The van der Waals surface area contributed by atoms with E-state index in [0.717, 1.165) is 49.7 Å². The Morgan fingerprint density at radius 2 is 1.67 bits per heavy atom. The Morgan fingerprint density at radius 3 is 2.31 bits per heavy atom. The summed E-state index contributed by atoms with van der Waals surface area (Å²) in [5, 5.41) is 8.90. The minimum Gasteiger partial charge on any atom is -0.376 e. The van der Waals surface area contributed by atoms with Crippen LogP contribution in [0, 0.1) is 23.0 Å². The second-order valence-corrected chi connectivity index (χ2v) is 9.28. The lowest BCUT2D eigenvalue weighted by Crippen LogP contribution is -2.43. The van der Waals surface area contributed by atoms with Crippen molar-refractivity contribution < 1.29 is 26.7 Å². The Morgan fingerprint density at radius 1 is 0.972 bits per heavy atom. The number of nitrogens with zero attached hydrogens (tertiary/aromatic N) is 2. The second kappa shape index (κ2) is 10.4. The Kier molecular flexibility index (Phi) is 7.43. The number of rotatable bonds is 6. The lowest BCUT2D eigenvalue weighted by atomic mass is 9.73. The van der Waals surface area contributed by atoms with Crippen molar-refractivity contribution in [1.82, 2.24) is 4.90 Å². The first-order valence-electron chi connectivity index (χ1n) is 11.5. The highest BCUT2D eigenvalue weighted by molar-refractivity contribution is 5.67. The molecule has 3 aromatic carbocycles. The number of benzene rings is 3. The maximum absolute atomic E-state index is 14.6. The fraction of sp³-hybridized carbons (Fsp3) is 0.321. The van der Waals surface area contributed by atoms with E-state index in [1.54, 1.807) is 0 Å². The SMILES string of the molecule is CN1CCC(COCc2cc(-c3cc(F)c(C#N)cc3F)cc(C(F)(F)F)c2)(c2ccccc2)CC1. The first-order chi connectivity index (χ1) is 17.1. The molecule has 0 aromatic heterocycles. The maximum Gasteiger partial charge on any atom is 0.416 e. The number of halogens is 5. The number of nitriles is 1. The van der Waals surface area contributed by atoms with Gasteiger partial charge in [-0.25, -0.2) is 8.78 Å². The highest BCUT2D eigenvalue weighted by atomic mass is 19.4. The molecule has 3 aromatic rings. The van der Waals surface area contributed by atoms with Crippen LogP contribution in [0.3, 0.4) is 0 Å². The molecular weight excluding hydrogens is 475 g/mol. The van der Waals surface area contributed by atoms with Crippen molar-refractivity contribution >= 4 is 0 Å². The number of hydrogen-bond acceptors (Lipinski definition) is 3. The Balaban J connectivity index is 1.62. The van der Waals surface area contributed by atoms with Gasteiger partial charge in [-0.1, -0.05) is 30.3 Å². The summed E-state index contributed by atoms with van der Waals surface area (Å²) in [6.45, 7) is 1.93. The molecule has 1 fully saturated rings. The molecule has 0 amide bonds. The zero-order chi connectivity index (χ0) is 25.9. The molecule has 0 atom stereocenters. The summed E-state index contributed by atoms with van der Waals surface area (Å²) in [5.41, 5.74) is -0.939. The van der Waals surface area contributed by atoms with Crippen LogP contribution in [-0.2, 0) is 22.9 Å². The second-order valence-electron chi connectivity index (χ2n) is 9.28. The molecule has 0 radical (unpaired) electrons. The lowest BCUT2D eigenvalue weighted by Gasteiger charge is -2.41. The molecule has 8 heteroatoms. The first-order valence-corrected chi connectivity index (χ1v) is 11.5. The van der Waals surface area contributed by atoms with Crippen molar-refractivity contribution in [2.45, 2.75) is 31.0 Å². The molecule has 0 unspecified atom stereocenters. The minimum absolute atomic E-state index is 0.123. The molecule has 0 saturated carbocycles. The van der Waals surface area contributed by atoms with E-state index in [1.807, 2.05) is 37.4 Å². The summed E-state index contributed by atoms with van der Waals surface area (Å²) < 4.78 is 75.7. The normalized spacial score (nSPS) is 16.0. The van der Waals surface area contributed by atoms with Crippen molar-refractivity contribution in [3.63, 3.8) is 0 Å². The molecule has 0 N–H and O–H groups in total. The summed E-state index contributed by atoms with van der Waals surface area (Å²) in [4.78, 5) is 2.23. The molecular formula is C28H25F5N2O. The van der Waals surface area contributed by atoms with Gasteiger partial charge in [-0.2, -0.15) is 18.4 Å². The van der Waals surface area contributed by atoms with E-state index in [1.165, 1.54) is 12.1 Å². The van der Waals surface area contributed by atoms with E-state index in [0.29, 0.717) is 12.7 Å². The molecule has 36 heavy (non-hydrogen) atoms. The van der Waals surface area contributed by atoms with Crippen LogP contribution in [0.4, 0.5) is 22.0 Å². The molecule has 0 aliphatic carbocycles. The summed E-state index contributed by atoms with van der Waals surface area (Å²) in [5.74, 6) is -1.98. The van der Waals surface area contributed by atoms with Gasteiger partial charge in [0, 0.05) is 11.0 Å². The van der Waals surface area contributed by atoms with Crippen molar-refractivity contribution in [1.29, 1.82) is 5.26 Å². The molecule has 3 nitrogen and oxygen atoms in total. The Hall–Kier alpha value is -3.28. The molecule has 0 bridgehead atoms. The number of piperidine rings is 1. The van der Waals surface area contributed by atoms with Gasteiger partial charge in [-0.05, 0) is 80.0 Å². The number of alkyl halides is 3. The molecule has 4 rings (SSSR count). The van der Waals surface area contributed by atoms with Gasteiger partial charge in [-0.3, -0.25) is 0 Å². The van der Waals surface area contributed by atoms with Crippen LogP contribution in [0.25, 0.3) is 11.1 Å². The number of likely N-dealkylation sites (tertiary alicyclic amines) is 1. The third-order valence-corrected chi connectivity index (χ3v) is 6.79. The maximum atomic E-state index is 14.6. The van der Waals surface area contributed by atoms with Gasteiger partial charge in [0.15, 0.2) is 0 Å². The Bertz CT molecular complexity index is 1260. The van der Waals surface area contributed by atoms with Gasteiger partial charge in [0.1, 0.15) is 17.7 Å². The quantitative estimate of drug-likeness (QED) is 0.353. The fourth-order valence-corrected chi connectivity index (χ4v) is 4.67. The van der Waals surface area contributed by atoms with Gasteiger partial charge >= 0.3 is 6.18 Å². The predicted octanol–water partition coefficient (Wildman–Crippen LogP) is 6.70. The molecule has 1 aliphatic rings. The topological polar surface area (TPSA) is 36.3 Å². The highest BCUT2D eigenvalue weighted by Gasteiger charge is 2.36. The predicted molar refractivity (Wildman–Crippen MR) is 126 cm³/mol. The molecule has 1 aliphatic heterocycles. The summed E-state index contributed by atoms with van der Waals surface area (Å²) in [6, 6.07) is 16.0. The Labute approximate surface area is 206 Å². The van der Waals surface area contributed by atoms with Gasteiger partial charge in [0.05, 0.1) is 24.3 Å². The van der Waals surface area contributed by atoms with Crippen molar-refractivity contribution in [3.05, 3.63) is 94.6 Å². The summed E-state index contributed by atoms with van der Waals surface area (Å²) >= 11 is 0. The first kappa shape index (κ1) is 25.8. The van der Waals surface area contributed by atoms with Gasteiger partial charge in [0.25, 0.3) is 0 Å². The standard InChI is InChI=1S/C28H25F5N2O/c1-35-9-7-27(8-10-35,22-5-3-2-4-6-22)18-36-17-19-11-20(13-23(12-19)28(31,32)33)24-15-25(29)21(16-34)14-26(24)30/h2-6,11-15H,7-10,17-18H2,1H3. The third kappa shape index (κ3) is 5.58. The molecule has 1 heterocycles. The van der Waals surface area contributed by atoms with Crippen molar-refractivity contribution in [3.8, 4) is 17.2 Å². The van der Waals surface area contributed by atoms with Gasteiger partial charge in [0.2, 0.25) is 0 Å². The van der Waals surface area contributed by atoms with Crippen molar-refractivity contribution in [2.24, 2.45) is 0 Å². The number of ether oxygens (including phenoxy) is 1.